The van der Waals surface area contributed by atoms with E-state index in [2.05, 4.69) is 24.1 Å². The third kappa shape index (κ3) is 3.06. The summed E-state index contributed by atoms with van der Waals surface area (Å²) in [6.07, 6.45) is 5.57. The zero-order chi connectivity index (χ0) is 12.5. The second-order valence-electron chi connectivity index (χ2n) is 5.45. The van der Waals surface area contributed by atoms with E-state index in [-0.39, 0.29) is 11.4 Å². The van der Waals surface area contributed by atoms with Crippen LogP contribution in [-0.2, 0) is 11.2 Å². The minimum atomic E-state index is -0.0236. The van der Waals surface area contributed by atoms with E-state index in [1.165, 1.54) is 4.88 Å². The average Bonchev–Trinajstić information content (AvgIpc) is 2.74. The Kier molecular flexibility index (Phi) is 3.52. The van der Waals surface area contributed by atoms with Gasteiger partial charge in [-0.05, 0) is 25.7 Å². The monoisotopic (exact) mass is 252 g/mol. The van der Waals surface area contributed by atoms with Gasteiger partial charge in [-0.1, -0.05) is 13.8 Å². The lowest BCUT2D eigenvalue weighted by molar-refractivity contribution is -0.119. The van der Waals surface area contributed by atoms with Crippen molar-refractivity contribution < 1.29 is 4.79 Å². The molecule has 3 nitrogen and oxygen atoms in total. The molecule has 2 heterocycles. The lowest BCUT2D eigenvalue weighted by atomic mass is 9.84. The summed E-state index contributed by atoms with van der Waals surface area (Å²) in [6, 6.07) is 0. The van der Waals surface area contributed by atoms with Crippen LogP contribution >= 0.6 is 11.3 Å². The molecule has 0 radical (unpaired) electrons. The first-order valence-corrected chi connectivity index (χ1v) is 7.03. The molecule has 1 saturated heterocycles. The van der Waals surface area contributed by atoms with E-state index in [4.69, 9.17) is 0 Å². The van der Waals surface area contributed by atoms with E-state index in [9.17, 15) is 4.79 Å². The van der Waals surface area contributed by atoms with Gasteiger partial charge in [0.2, 0.25) is 5.91 Å². The second kappa shape index (κ2) is 4.77. The van der Waals surface area contributed by atoms with E-state index in [0.29, 0.717) is 12.3 Å². The number of aryl methyl sites for hydroxylation is 1. The normalized spacial score (nSPS) is 24.4. The fraction of sp³-hybridized carbons (Fsp3) is 0.692. The molecule has 94 valence electrons. The highest BCUT2D eigenvalue weighted by molar-refractivity contribution is 7.11. The molecule has 1 aromatic heterocycles. The Morgan fingerprint density at radius 1 is 1.59 bits per heavy atom. The highest BCUT2D eigenvalue weighted by Gasteiger charge is 2.38. The number of aromatic nitrogens is 1. The van der Waals surface area contributed by atoms with Crippen molar-refractivity contribution in [2.45, 2.75) is 52.0 Å². The van der Waals surface area contributed by atoms with Crippen molar-refractivity contribution in [2.75, 3.05) is 0 Å². The van der Waals surface area contributed by atoms with Crippen LogP contribution in [0.1, 0.15) is 43.0 Å². The number of hydrogen-bond donors (Lipinski definition) is 1. The molecule has 0 spiro atoms. The van der Waals surface area contributed by atoms with Crippen molar-refractivity contribution in [3.05, 3.63) is 16.1 Å². The Bertz CT molecular complexity index is 413. The van der Waals surface area contributed by atoms with E-state index in [1.807, 2.05) is 13.1 Å². The maximum atomic E-state index is 11.5. The molecule has 2 rings (SSSR count). The van der Waals surface area contributed by atoms with Gasteiger partial charge >= 0.3 is 0 Å². The standard InChI is InChI=1S/C13H20N2OS/c1-9(2)6-13(5-4-12(16)15-13)7-11-8-14-10(3)17-11/h8-9H,4-7H2,1-3H3,(H,15,16). The van der Waals surface area contributed by atoms with E-state index in [0.717, 1.165) is 24.3 Å². The molecule has 17 heavy (non-hydrogen) atoms. The summed E-state index contributed by atoms with van der Waals surface area (Å²) in [4.78, 5) is 17.1. The molecule has 0 aliphatic carbocycles. The molecular formula is C13H20N2OS. The zero-order valence-electron chi connectivity index (χ0n) is 10.7. The quantitative estimate of drug-likeness (QED) is 0.895. The number of amides is 1. The van der Waals surface area contributed by atoms with Gasteiger partial charge in [-0.25, -0.2) is 4.98 Å². The van der Waals surface area contributed by atoms with Crippen molar-refractivity contribution in [1.82, 2.24) is 10.3 Å². The minimum Gasteiger partial charge on any atom is -0.350 e. The Labute approximate surface area is 107 Å². The highest BCUT2D eigenvalue weighted by atomic mass is 32.1. The number of hydrogen-bond acceptors (Lipinski definition) is 3. The average molecular weight is 252 g/mol. The maximum Gasteiger partial charge on any atom is 0.220 e. The molecule has 0 bridgehead atoms. The topological polar surface area (TPSA) is 42.0 Å². The van der Waals surface area contributed by atoms with Crippen LogP contribution in [0.15, 0.2) is 6.20 Å². The summed E-state index contributed by atoms with van der Waals surface area (Å²) in [5, 5.41) is 4.30. The SMILES string of the molecule is Cc1ncc(CC2(CC(C)C)CCC(=O)N2)s1. The fourth-order valence-electron chi connectivity index (χ4n) is 2.73. The minimum absolute atomic E-state index is 0.0236. The summed E-state index contributed by atoms with van der Waals surface area (Å²) in [6.45, 7) is 6.45. The van der Waals surface area contributed by atoms with Crippen molar-refractivity contribution >= 4 is 17.2 Å². The number of nitrogens with zero attached hydrogens (tertiary/aromatic N) is 1. The molecule has 1 unspecified atom stereocenters. The molecule has 1 aromatic rings. The smallest absolute Gasteiger partial charge is 0.220 e. The van der Waals surface area contributed by atoms with Crippen LogP contribution in [0.25, 0.3) is 0 Å². The molecule has 1 aliphatic rings. The Morgan fingerprint density at radius 3 is 2.82 bits per heavy atom. The first kappa shape index (κ1) is 12.6. The third-order valence-electron chi connectivity index (χ3n) is 3.22. The highest BCUT2D eigenvalue weighted by Crippen LogP contribution is 2.32. The van der Waals surface area contributed by atoms with Gasteiger partial charge in [0.15, 0.2) is 0 Å². The maximum absolute atomic E-state index is 11.5. The van der Waals surface area contributed by atoms with Gasteiger partial charge in [0.05, 0.1) is 5.01 Å². The van der Waals surface area contributed by atoms with Gasteiger partial charge in [-0.15, -0.1) is 11.3 Å². The fourth-order valence-corrected chi connectivity index (χ4v) is 3.67. The van der Waals surface area contributed by atoms with E-state index in [1.54, 1.807) is 11.3 Å². The summed E-state index contributed by atoms with van der Waals surface area (Å²) < 4.78 is 0. The van der Waals surface area contributed by atoms with Crippen LogP contribution < -0.4 is 5.32 Å². The van der Waals surface area contributed by atoms with Crippen molar-refractivity contribution in [1.29, 1.82) is 0 Å². The van der Waals surface area contributed by atoms with Crippen LogP contribution in [0.2, 0.25) is 0 Å². The molecular weight excluding hydrogens is 232 g/mol. The molecule has 0 aromatic carbocycles. The van der Waals surface area contributed by atoms with Crippen LogP contribution in [-0.4, -0.2) is 16.4 Å². The Hall–Kier alpha value is -0.900. The second-order valence-corrected chi connectivity index (χ2v) is 6.77. The summed E-state index contributed by atoms with van der Waals surface area (Å²) >= 11 is 1.74. The predicted octanol–water partition coefficient (Wildman–Crippen LogP) is 2.69. The van der Waals surface area contributed by atoms with Crippen molar-refractivity contribution in [3.8, 4) is 0 Å². The zero-order valence-corrected chi connectivity index (χ0v) is 11.6. The molecule has 1 N–H and O–H groups in total. The number of nitrogens with one attached hydrogen (secondary N) is 1. The molecule has 0 saturated carbocycles. The van der Waals surface area contributed by atoms with Gasteiger partial charge in [0.1, 0.15) is 0 Å². The number of thiazole rings is 1. The van der Waals surface area contributed by atoms with Gasteiger partial charge in [0.25, 0.3) is 0 Å². The Balaban J connectivity index is 2.13. The van der Waals surface area contributed by atoms with Gasteiger partial charge < -0.3 is 5.32 Å². The van der Waals surface area contributed by atoms with Gasteiger partial charge in [-0.2, -0.15) is 0 Å². The Morgan fingerprint density at radius 2 is 2.35 bits per heavy atom. The van der Waals surface area contributed by atoms with Crippen LogP contribution in [0.5, 0.6) is 0 Å². The van der Waals surface area contributed by atoms with Crippen molar-refractivity contribution in [2.24, 2.45) is 5.92 Å². The number of carbonyl (C=O) groups is 1. The molecule has 1 aliphatic heterocycles. The molecule has 1 fully saturated rings. The van der Waals surface area contributed by atoms with Crippen LogP contribution in [0.4, 0.5) is 0 Å². The van der Waals surface area contributed by atoms with Crippen LogP contribution in [0.3, 0.4) is 0 Å². The van der Waals surface area contributed by atoms with E-state index < -0.39 is 0 Å². The summed E-state index contributed by atoms with van der Waals surface area (Å²) in [5.41, 5.74) is -0.0236. The summed E-state index contributed by atoms with van der Waals surface area (Å²) in [5.74, 6) is 0.800. The lowest BCUT2D eigenvalue weighted by Gasteiger charge is -2.30. The first-order valence-electron chi connectivity index (χ1n) is 6.21. The third-order valence-corrected chi connectivity index (χ3v) is 4.13. The van der Waals surface area contributed by atoms with Crippen LogP contribution in [0, 0.1) is 12.8 Å². The largest absolute Gasteiger partial charge is 0.350 e. The molecule has 1 atom stereocenters. The number of rotatable bonds is 4. The molecule has 1 amide bonds. The van der Waals surface area contributed by atoms with Gasteiger partial charge in [-0.3, -0.25) is 4.79 Å². The first-order chi connectivity index (χ1) is 7.99. The number of carbonyl (C=O) groups excluding carboxylic acids is 1. The molecule has 4 heteroatoms. The summed E-state index contributed by atoms with van der Waals surface area (Å²) in [7, 11) is 0. The lowest BCUT2D eigenvalue weighted by Crippen LogP contribution is -2.44. The predicted molar refractivity (Wildman–Crippen MR) is 70.1 cm³/mol. The van der Waals surface area contributed by atoms with Crippen molar-refractivity contribution in [3.63, 3.8) is 0 Å². The van der Waals surface area contributed by atoms with E-state index >= 15 is 0 Å². The van der Waals surface area contributed by atoms with Gasteiger partial charge in [0, 0.05) is 29.5 Å².